The van der Waals surface area contributed by atoms with Crippen molar-refractivity contribution in [2.75, 3.05) is 0 Å². The number of ether oxygens (including phenoxy) is 1. The summed E-state index contributed by atoms with van der Waals surface area (Å²) < 4.78 is 31.2. The molecule has 2 rings (SSSR count). The van der Waals surface area contributed by atoms with Gasteiger partial charge in [0.05, 0.1) is 5.76 Å². The van der Waals surface area contributed by atoms with Crippen molar-refractivity contribution in [3.8, 4) is 0 Å². The van der Waals surface area contributed by atoms with Crippen molar-refractivity contribution in [2.45, 2.75) is 37.7 Å². The third kappa shape index (κ3) is 1.21. The molecule has 1 nitrogen and oxygen atoms in total. The van der Waals surface area contributed by atoms with Gasteiger partial charge in [-0.2, -0.15) is 0 Å². The van der Waals surface area contributed by atoms with E-state index in [1.54, 1.807) is 0 Å². The van der Waals surface area contributed by atoms with Gasteiger partial charge in [-0.25, -0.2) is 8.78 Å². The number of fused-ring (bicyclic) bond motifs is 1. The summed E-state index contributed by atoms with van der Waals surface area (Å²) in [6.45, 7) is 3.63. The third-order valence-electron chi connectivity index (χ3n) is 2.65. The number of halogens is 2. The van der Waals surface area contributed by atoms with Gasteiger partial charge >= 0.3 is 0 Å². The number of hydrogen-bond acceptors (Lipinski definition) is 1. The fourth-order valence-electron chi connectivity index (χ4n) is 2.14. The molecule has 0 aromatic rings. The Morgan fingerprint density at radius 1 is 1.33 bits per heavy atom. The minimum absolute atomic E-state index is 0.00551. The third-order valence-corrected chi connectivity index (χ3v) is 2.65. The molecule has 1 saturated heterocycles. The summed E-state index contributed by atoms with van der Waals surface area (Å²) >= 11 is 0. The highest BCUT2D eigenvalue weighted by Gasteiger charge is 2.44. The van der Waals surface area contributed by atoms with Crippen molar-refractivity contribution in [1.82, 2.24) is 0 Å². The van der Waals surface area contributed by atoms with E-state index in [9.17, 15) is 8.78 Å². The van der Waals surface area contributed by atoms with Gasteiger partial charge in [0.1, 0.15) is 18.4 Å². The normalized spacial score (nSPS) is 47.0. The van der Waals surface area contributed by atoms with Crippen LogP contribution in [0.15, 0.2) is 12.3 Å². The van der Waals surface area contributed by atoms with Gasteiger partial charge in [0.25, 0.3) is 0 Å². The van der Waals surface area contributed by atoms with Crippen LogP contribution in [0.2, 0.25) is 0 Å². The zero-order chi connectivity index (χ0) is 8.72. The fourth-order valence-corrected chi connectivity index (χ4v) is 2.14. The average molecular weight is 174 g/mol. The van der Waals surface area contributed by atoms with Crippen molar-refractivity contribution >= 4 is 0 Å². The molecule has 4 unspecified atom stereocenters. The van der Waals surface area contributed by atoms with Crippen molar-refractivity contribution in [3.05, 3.63) is 12.3 Å². The highest BCUT2D eigenvalue weighted by Crippen LogP contribution is 2.40. The quantitative estimate of drug-likeness (QED) is 0.547. The van der Waals surface area contributed by atoms with E-state index in [4.69, 9.17) is 4.74 Å². The highest BCUT2D eigenvalue weighted by atomic mass is 19.1. The molecule has 2 fully saturated rings. The molecule has 0 spiro atoms. The molecule has 1 heterocycles. The van der Waals surface area contributed by atoms with Crippen molar-refractivity contribution in [2.24, 2.45) is 5.92 Å². The van der Waals surface area contributed by atoms with Crippen LogP contribution >= 0.6 is 0 Å². The monoisotopic (exact) mass is 174 g/mol. The molecular weight excluding hydrogens is 162 g/mol. The molecule has 0 aromatic carbocycles. The Kier molecular flexibility index (Phi) is 1.81. The Hall–Kier alpha value is -0.600. The summed E-state index contributed by atoms with van der Waals surface area (Å²) in [5, 5.41) is 0. The van der Waals surface area contributed by atoms with Crippen LogP contribution in [0, 0.1) is 5.92 Å². The zero-order valence-electron chi connectivity index (χ0n) is 6.80. The number of rotatable bonds is 0. The summed E-state index contributed by atoms with van der Waals surface area (Å²) in [5.41, 5.74) is 0. The second kappa shape index (κ2) is 2.71. The SMILES string of the molecule is C=C1CC2CC(F)CC(F)C2O1. The highest BCUT2D eigenvalue weighted by molar-refractivity contribution is 5.02. The van der Waals surface area contributed by atoms with Gasteiger partial charge < -0.3 is 4.74 Å². The Morgan fingerprint density at radius 2 is 2.08 bits per heavy atom. The fraction of sp³-hybridized carbons (Fsp3) is 0.778. The first kappa shape index (κ1) is 8.02. The van der Waals surface area contributed by atoms with Crippen molar-refractivity contribution < 1.29 is 13.5 Å². The Balaban J connectivity index is 2.10. The maximum atomic E-state index is 13.2. The number of alkyl halides is 2. The molecular formula is C9H12F2O. The van der Waals surface area contributed by atoms with E-state index < -0.39 is 18.4 Å². The van der Waals surface area contributed by atoms with Crippen LogP contribution in [0.5, 0.6) is 0 Å². The van der Waals surface area contributed by atoms with E-state index in [0.29, 0.717) is 18.6 Å². The molecule has 68 valence electrons. The van der Waals surface area contributed by atoms with E-state index >= 15 is 0 Å². The Labute approximate surface area is 70.4 Å². The van der Waals surface area contributed by atoms with Crippen LogP contribution in [0.4, 0.5) is 8.78 Å². The lowest BCUT2D eigenvalue weighted by Gasteiger charge is -2.29. The van der Waals surface area contributed by atoms with Gasteiger partial charge in [-0.1, -0.05) is 6.58 Å². The summed E-state index contributed by atoms with van der Waals surface area (Å²) in [5.74, 6) is 0.637. The molecule has 0 amide bonds. The standard InChI is InChI=1S/C9H12F2O/c1-5-2-6-3-7(10)4-8(11)9(6)12-5/h6-9H,1-4H2. The van der Waals surface area contributed by atoms with E-state index in [-0.39, 0.29) is 12.3 Å². The number of allylic oxidation sites excluding steroid dienone is 1. The molecule has 3 heteroatoms. The van der Waals surface area contributed by atoms with Crippen LogP contribution in [-0.2, 0) is 4.74 Å². The topological polar surface area (TPSA) is 9.23 Å². The predicted octanol–water partition coefficient (Wildman–Crippen LogP) is 2.38. The average Bonchev–Trinajstić information content (AvgIpc) is 2.29. The second-order valence-corrected chi connectivity index (χ2v) is 3.67. The summed E-state index contributed by atoms with van der Waals surface area (Å²) in [4.78, 5) is 0. The first-order chi connectivity index (χ1) is 5.66. The predicted molar refractivity (Wildman–Crippen MR) is 41.1 cm³/mol. The molecule has 2 aliphatic rings. The lowest BCUT2D eigenvalue weighted by atomic mass is 9.84. The first-order valence-electron chi connectivity index (χ1n) is 4.29. The van der Waals surface area contributed by atoms with Crippen LogP contribution < -0.4 is 0 Å². The largest absolute Gasteiger partial charge is 0.492 e. The molecule has 1 aliphatic heterocycles. The van der Waals surface area contributed by atoms with Crippen LogP contribution in [0.3, 0.4) is 0 Å². The molecule has 0 radical (unpaired) electrons. The van der Waals surface area contributed by atoms with E-state index in [2.05, 4.69) is 6.58 Å². The first-order valence-corrected chi connectivity index (χ1v) is 4.29. The van der Waals surface area contributed by atoms with Gasteiger partial charge in [0.15, 0.2) is 0 Å². The van der Waals surface area contributed by atoms with Gasteiger partial charge in [-0.3, -0.25) is 0 Å². The zero-order valence-corrected chi connectivity index (χ0v) is 6.80. The number of hydrogen-bond donors (Lipinski definition) is 0. The van der Waals surface area contributed by atoms with E-state index in [1.165, 1.54) is 0 Å². The minimum atomic E-state index is -1.14. The second-order valence-electron chi connectivity index (χ2n) is 3.67. The van der Waals surface area contributed by atoms with Crippen LogP contribution in [0.25, 0.3) is 0 Å². The van der Waals surface area contributed by atoms with Crippen molar-refractivity contribution in [1.29, 1.82) is 0 Å². The van der Waals surface area contributed by atoms with E-state index in [0.717, 1.165) is 0 Å². The molecule has 1 aliphatic carbocycles. The maximum Gasteiger partial charge on any atom is 0.140 e. The lowest BCUT2D eigenvalue weighted by Crippen LogP contribution is -2.36. The van der Waals surface area contributed by atoms with E-state index in [1.807, 2.05) is 0 Å². The van der Waals surface area contributed by atoms with Gasteiger partial charge in [0.2, 0.25) is 0 Å². The molecule has 4 atom stereocenters. The maximum absolute atomic E-state index is 13.2. The Morgan fingerprint density at radius 3 is 2.83 bits per heavy atom. The lowest BCUT2D eigenvalue weighted by molar-refractivity contribution is -0.00467. The summed E-state index contributed by atoms with van der Waals surface area (Å²) in [6, 6.07) is 0. The molecule has 1 saturated carbocycles. The Bertz CT molecular complexity index is 205. The summed E-state index contributed by atoms with van der Waals surface area (Å²) in [7, 11) is 0. The molecule has 12 heavy (non-hydrogen) atoms. The molecule has 0 N–H and O–H groups in total. The van der Waals surface area contributed by atoms with Crippen LogP contribution in [0.1, 0.15) is 19.3 Å². The van der Waals surface area contributed by atoms with Crippen molar-refractivity contribution in [3.63, 3.8) is 0 Å². The minimum Gasteiger partial charge on any atom is -0.492 e. The smallest absolute Gasteiger partial charge is 0.140 e. The van der Waals surface area contributed by atoms with Gasteiger partial charge in [-0.05, 0) is 6.42 Å². The molecule has 0 bridgehead atoms. The van der Waals surface area contributed by atoms with Gasteiger partial charge in [0, 0.05) is 18.8 Å². The summed E-state index contributed by atoms with van der Waals surface area (Å²) in [6.07, 6.45) is -1.48. The van der Waals surface area contributed by atoms with Gasteiger partial charge in [-0.15, -0.1) is 0 Å². The van der Waals surface area contributed by atoms with Crippen LogP contribution in [-0.4, -0.2) is 18.4 Å². The molecule has 0 aromatic heterocycles.